The van der Waals surface area contributed by atoms with E-state index in [1.807, 2.05) is 0 Å². The molecule has 0 aromatic carbocycles. The summed E-state index contributed by atoms with van der Waals surface area (Å²) in [5, 5.41) is 8.48. The smallest absolute Gasteiger partial charge is 0.320 e. The lowest BCUT2D eigenvalue weighted by molar-refractivity contribution is -0.870. The van der Waals surface area contributed by atoms with Crippen molar-refractivity contribution in [3.63, 3.8) is 0 Å². The first kappa shape index (κ1) is 11.4. The van der Waals surface area contributed by atoms with Gasteiger partial charge in [-0.2, -0.15) is 0 Å². The highest BCUT2D eigenvalue weighted by atomic mass is 16.4. The van der Waals surface area contributed by atoms with Gasteiger partial charge >= 0.3 is 5.97 Å². The highest BCUT2D eigenvalue weighted by Crippen LogP contribution is 1.99. The summed E-state index contributed by atoms with van der Waals surface area (Å²) in [5.41, 5.74) is 5.34. The van der Waals surface area contributed by atoms with Gasteiger partial charge in [0.25, 0.3) is 0 Å². The molecule has 0 aliphatic rings. The normalized spacial score (nSPS) is 14.3. The average Bonchev–Trinajstić information content (AvgIpc) is 1.84. The van der Waals surface area contributed by atoms with Crippen LogP contribution in [0.3, 0.4) is 0 Å². The van der Waals surface area contributed by atoms with Crippen LogP contribution in [0.4, 0.5) is 0 Å². The van der Waals surface area contributed by atoms with E-state index in [4.69, 9.17) is 10.8 Å². The Bertz CT molecular complexity index is 152. The van der Waals surface area contributed by atoms with Crippen LogP contribution in [-0.4, -0.2) is 49.3 Å². The Hall–Kier alpha value is -0.610. The Balaban J connectivity index is 3.51. The molecule has 0 aliphatic heterocycles. The second-order valence-corrected chi connectivity index (χ2v) is 4.10. The van der Waals surface area contributed by atoms with Crippen LogP contribution in [0.2, 0.25) is 0 Å². The molecule has 0 aliphatic carbocycles. The van der Waals surface area contributed by atoms with Gasteiger partial charge in [-0.25, -0.2) is 0 Å². The fraction of sp³-hybridized carbons (Fsp3) is 0.875. The SMILES string of the molecule is C[N+](C)(C)CCCC(N)C(=O)O. The highest BCUT2D eigenvalue weighted by molar-refractivity contribution is 5.72. The summed E-state index contributed by atoms with van der Waals surface area (Å²) < 4.78 is 0.854. The van der Waals surface area contributed by atoms with E-state index in [1.165, 1.54) is 0 Å². The monoisotopic (exact) mass is 175 g/mol. The van der Waals surface area contributed by atoms with E-state index in [2.05, 4.69) is 21.1 Å². The number of aliphatic carboxylic acids is 1. The summed E-state index contributed by atoms with van der Waals surface area (Å²) in [6, 6.07) is -0.698. The molecule has 0 saturated heterocycles. The molecule has 0 saturated carbocycles. The molecule has 0 spiro atoms. The molecule has 0 amide bonds. The van der Waals surface area contributed by atoms with E-state index in [9.17, 15) is 4.79 Å². The zero-order chi connectivity index (χ0) is 9.78. The molecule has 72 valence electrons. The number of carboxylic acid groups (broad SMARTS) is 1. The van der Waals surface area contributed by atoms with E-state index in [0.29, 0.717) is 6.42 Å². The molecule has 0 radical (unpaired) electrons. The van der Waals surface area contributed by atoms with Crippen LogP contribution < -0.4 is 5.73 Å². The van der Waals surface area contributed by atoms with Gasteiger partial charge in [-0.05, 0) is 12.8 Å². The largest absolute Gasteiger partial charge is 0.480 e. The minimum absolute atomic E-state index is 0.560. The number of hydrogen-bond donors (Lipinski definition) is 2. The van der Waals surface area contributed by atoms with Crippen molar-refractivity contribution in [1.29, 1.82) is 0 Å². The number of rotatable bonds is 5. The van der Waals surface area contributed by atoms with Gasteiger partial charge in [-0.3, -0.25) is 4.79 Å². The number of carboxylic acids is 1. The average molecular weight is 175 g/mol. The fourth-order valence-electron chi connectivity index (χ4n) is 0.909. The summed E-state index contributed by atoms with van der Waals surface area (Å²) in [7, 11) is 6.23. The molecular formula is C8H19N2O2+. The van der Waals surface area contributed by atoms with Crippen LogP contribution in [0.5, 0.6) is 0 Å². The van der Waals surface area contributed by atoms with E-state index >= 15 is 0 Å². The maximum absolute atomic E-state index is 10.3. The van der Waals surface area contributed by atoms with Crippen LogP contribution in [0.25, 0.3) is 0 Å². The summed E-state index contributed by atoms with van der Waals surface area (Å²) in [6.45, 7) is 0.959. The highest BCUT2D eigenvalue weighted by Gasteiger charge is 2.13. The predicted octanol–water partition coefficient (Wildman–Crippen LogP) is -0.115. The summed E-state index contributed by atoms with van der Waals surface area (Å²) in [5.74, 6) is -0.906. The van der Waals surface area contributed by atoms with Crippen LogP contribution in [0.15, 0.2) is 0 Å². The third-order valence-corrected chi connectivity index (χ3v) is 1.66. The van der Waals surface area contributed by atoms with Gasteiger partial charge in [0.05, 0.1) is 27.7 Å². The molecule has 0 aromatic rings. The summed E-state index contributed by atoms with van der Waals surface area (Å²) in [6.07, 6.45) is 1.42. The number of hydrogen-bond acceptors (Lipinski definition) is 2. The van der Waals surface area contributed by atoms with Crippen LogP contribution in [0, 0.1) is 0 Å². The first-order valence-corrected chi connectivity index (χ1v) is 4.12. The topological polar surface area (TPSA) is 63.3 Å². The first-order chi connectivity index (χ1) is 5.33. The van der Waals surface area contributed by atoms with Gasteiger partial charge in [0, 0.05) is 0 Å². The third-order valence-electron chi connectivity index (χ3n) is 1.66. The number of nitrogens with two attached hydrogens (primary N) is 1. The van der Waals surface area contributed by atoms with Crippen molar-refractivity contribution < 1.29 is 14.4 Å². The number of quaternary nitrogens is 1. The quantitative estimate of drug-likeness (QED) is 0.573. The van der Waals surface area contributed by atoms with E-state index in [0.717, 1.165) is 17.4 Å². The van der Waals surface area contributed by atoms with Crippen molar-refractivity contribution in [2.45, 2.75) is 18.9 Å². The molecule has 1 unspecified atom stereocenters. The van der Waals surface area contributed by atoms with Gasteiger partial charge in [-0.15, -0.1) is 0 Å². The maximum atomic E-state index is 10.3. The Morgan fingerprint density at radius 2 is 2.00 bits per heavy atom. The first-order valence-electron chi connectivity index (χ1n) is 4.12. The Morgan fingerprint density at radius 1 is 1.50 bits per heavy atom. The van der Waals surface area contributed by atoms with Crippen molar-refractivity contribution in [3.05, 3.63) is 0 Å². The summed E-state index contributed by atoms with van der Waals surface area (Å²) in [4.78, 5) is 10.3. The van der Waals surface area contributed by atoms with Crippen LogP contribution in [0.1, 0.15) is 12.8 Å². The van der Waals surface area contributed by atoms with E-state index in [1.54, 1.807) is 0 Å². The molecule has 4 heteroatoms. The molecule has 12 heavy (non-hydrogen) atoms. The van der Waals surface area contributed by atoms with Gasteiger partial charge in [0.2, 0.25) is 0 Å². The van der Waals surface area contributed by atoms with Gasteiger partial charge < -0.3 is 15.3 Å². The Labute approximate surface area is 73.6 Å². The standard InChI is InChI=1S/C8H18N2O2/c1-10(2,3)6-4-5-7(9)8(11)12/h7H,4-6,9H2,1-3H3/p+1. The molecule has 0 aromatic heterocycles. The Kier molecular flexibility index (Phi) is 4.20. The summed E-state index contributed by atoms with van der Waals surface area (Å²) >= 11 is 0. The maximum Gasteiger partial charge on any atom is 0.320 e. The fourth-order valence-corrected chi connectivity index (χ4v) is 0.909. The third kappa shape index (κ3) is 6.12. The van der Waals surface area contributed by atoms with Gasteiger partial charge in [0.1, 0.15) is 6.04 Å². The van der Waals surface area contributed by atoms with Crippen molar-refractivity contribution in [3.8, 4) is 0 Å². The van der Waals surface area contributed by atoms with Crippen LogP contribution >= 0.6 is 0 Å². The van der Waals surface area contributed by atoms with Gasteiger partial charge in [0.15, 0.2) is 0 Å². The van der Waals surface area contributed by atoms with E-state index in [-0.39, 0.29) is 0 Å². The molecule has 0 bridgehead atoms. The molecule has 1 atom stereocenters. The lowest BCUT2D eigenvalue weighted by Gasteiger charge is -2.23. The number of carbonyl (C=O) groups is 1. The van der Waals surface area contributed by atoms with Crippen LogP contribution in [-0.2, 0) is 4.79 Å². The zero-order valence-corrected chi connectivity index (χ0v) is 8.08. The molecule has 0 rings (SSSR count). The van der Waals surface area contributed by atoms with Crippen molar-refractivity contribution in [2.24, 2.45) is 5.73 Å². The number of nitrogens with zero attached hydrogens (tertiary/aromatic N) is 1. The molecule has 3 N–H and O–H groups in total. The van der Waals surface area contributed by atoms with Gasteiger partial charge in [-0.1, -0.05) is 0 Å². The second kappa shape index (κ2) is 4.42. The molecule has 4 nitrogen and oxygen atoms in total. The predicted molar refractivity (Wildman–Crippen MR) is 47.7 cm³/mol. The van der Waals surface area contributed by atoms with E-state index < -0.39 is 12.0 Å². The Morgan fingerprint density at radius 3 is 2.33 bits per heavy atom. The molecule has 0 heterocycles. The second-order valence-electron chi connectivity index (χ2n) is 4.10. The molecular weight excluding hydrogens is 156 g/mol. The molecule has 0 fully saturated rings. The minimum Gasteiger partial charge on any atom is -0.480 e. The zero-order valence-electron chi connectivity index (χ0n) is 8.08. The minimum atomic E-state index is -0.906. The van der Waals surface area contributed by atoms with Crippen molar-refractivity contribution in [1.82, 2.24) is 0 Å². The lowest BCUT2D eigenvalue weighted by Crippen LogP contribution is -2.37. The lowest BCUT2D eigenvalue weighted by atomic mass is 10.1. The van der Waals surface area contributed by atoms with Crippen molar-refractivity contribution >= 4 is 5.97 Å². The van der Waals surface area contributed by atoms with Crippen molar-refractivity contribution in [2.75, 3.05) is 27.7 Å².